The molecule has 2 saturated heterocycles. The number of hydrogen-bond donors (Lipinski definition) is 3. The SMILES string of the molecule is C1CNCC(NCC2CCNCC2)C1. The van der Waals surface area contributed by atoms with E-state index < -0.39 is 0 Å². The molecule has 3 nitrogen and oxygen atoms in total. The quantitative estimate of drug-likeness (QED) is 0.610. The van der Waals surface area contributed by atoms with E-state index in [1.54, 1.807) is 0 Å². The van der Waals surface area contributed by atoms with Gasteiger partial charge in [0, 0.05) is 12.6 Å². The van der Waals surface area contributed by atoms with Crippen LogP contribution in [0.2, 0.25) is 0 Å². The Morgan fingerprint density at radius 3 is 2.57 bits per heavy atom. The molecule has 2 aliphatic heterocycles. The summed E-state index contributed by atoms with van der Waals surface area (Å²) in [4.78, 5) is 0. The highest BCUT2D eigenvalue weighted by molar-refractivity contribution is 4.78. The van der Waals surface area contributed by atoms with Crippen LogP contribution >= 0.6 is 0 Å². The molecule has 2 heterocycles. The minimum Gasteiger partial charge on any atom is -0.317 e. The summed E-state index contributed by atoms with van der Waals surface area (Å²) in [5.74, 6) is 0.915. The first kappa shape index (κ1) is 10.4. The number of hydrogen-bond acceptors (Lipinski definition) is 3. The largest absolute Gasteiger partial charge is 0.317 e. The van der Waals surface area contributed by atoms with Gasteiger partial charge in [-0.15, -0.1) is 0 Å². The fraction of sp³-hybridized carbons (Fsp3) is 1.00. The maximum atomic E-state index is 3.70. The molecule has 3 heteroatoms. The van der Waals surface area contributed by atoms with E-state index in [0.29, 0.717) is 0 Å². The van der Waals surface area contributed by atoms with Crippen LogP contribution in [0.3, 0.4) is 0 Å². The van der Waals surface area contributed by atoms with Crippen molar-refractivity contribution in [1.82, 2.24) is 16.0 Å². The van der Waals surface area contributed by atoms with Crippen molar-refractivity contribution in [2.45, 2.75) is 31.7 Å². The van der Waals surface area contributed by atoms with E-state index in [2.05, 4.69) is 16.0 Å². The van der Waals surface area contributed by atoms with Gasteiger partial charge in [0.25, 0.3) is 0 Å². The third-order valence-corrected chi connectivity index (χ3v) is 3.45. The summed E-state index contributed by atoms with van der Waals surface area (Å²) < 4.78 is 0. The van der Waals surface area contributed by atoms with Crippen LogP contribution in [0.25, 0.3) is 0 Å². The Balaban J connectivity index is 1.60. The Labute approximate surface area is 87.0 Å². The van der Waals surface area contributed by atoms with Gasteiger partial charge in [-0.2, -0.15) is 0 Å². The molecule has 3 N–H and O–H groups in total. The fourth-order valence-electron chi connectivity index (χ4n) is 2.45. The average molecular weight is 197 g/mol. The first-order chi connectivity index (χ1) is 6.95. The Hall–Kier alpha value is -0.120. The molecule has 82 valence electrons. The zero-order chi connectivity index (χ0) is 9.64. The second-order valence-corrected chi connectivity index (χ2v) is 4.64. The van der Waals surface area contributed by atoms with Crippen molar-refractivity contribution in [3.05, 3.63) is 0 Å². The summed E-state index contributed by atoms with van der Waals surface area (Å²) in [6.07, 6.45) is 5.40. The normalized spacial score (nSPS) is 30.4. The summed E-state index contributed by atoms with van der Waals surface area (Å²) in [7, 11) is 0. The summed E-state index contributed by atoms with van der Waals surface area (Å²) in [5, 5.41) is 10.6. The monoisotopic (exact) mass is 197 g/mol. The molecule has 0 radical (unpaired) electrons. The maximum absolute atomic E-state index is 3.70. The van der Waals surface area contributed by atoms with Crippen molar-refractivity contribution in [3.8, 4) is 0 Å². The molecule has 0 saturated carbocycles. The highest BCUT2D eigenvalue weighted by Gasteiger charge is 2.16. The minimum absolute atomic E-state index is 0.735. The van der Waals surface area contributed by atoms with Crippen molar-refractivity contribution in [2.24, 2.45) is 5.92 Å². The molecule has 0 bridgehead atoms. The van der Waals surface area contributed by atoms with Crippen molar-refractivity contribution in [1.29, 1.82) is 0 Å². The molecule has 14 heavy (non-hydrogen) atoms. The second-order valence-electron chi connectivity index (χ2n) is 4.64. The van der Waals surface area contributed by atoms with Crippen LogP contribution in [-0.4, -0.2) is 38.8 Å². The van der Waals surface area contributed by atoms with Gasteiger partial charge < -0.3 is 16.0 Å². The Bertz CT molecular complexity index is 131. The Morgan fingerprint density at radius 2 is 1.86 bits per heavy atom. The van der Waals surface area contributed by atoms with E-state index in [1.165, 1.54) is 58.4 Å². The molecule has 1 atom stereocenters. The van der Waals surface area contributed by atoms with Crippen LogP contribution in [0.4, 0.5) is 0 Å². The summed E-state index contributed by atoms with van der Waals surface area (Å²) in [6, 6.07) is 0.735. The molecule has 2 fully saturated rings. The van der Waals surface area contributed by atoms with Gasteiger partial charge in [-0.05, 0) is 57.8 Å². The lowest BCUT2D eigenvalue weighted by molar-refractivity contribution is 0.315. The van der Waals surface area contributed by atoms with Crippen molar-refractivity contribution in [3.63, 3.8) is 0 Å². The van der Waals surface area contributed by atoms with Crippen molar-refractivity contribution >= 4 is 0 Å². The van der Waals surface area contributed by atoms with Crippen LogP contribution in [0.15, 0.2) is 0 Å². The van der Waals surface area contributed by atoms with Gasteiger partial charge in [0.1, 0.15) is 0 Å². The topological polar surface area (TPSA) is 36.1 Å². The van der Waals surface area contributed by atoms with Gasteiger partial charge in [0.15, 0.2) is 0 Å². The van der Waals surface area contributed by atoms with Gasteiger partial charge in [-0.3, -0.25) is 0 Å². The third-order valence-electron chi connectivity index (χ3n) is 3.45. The molecule has 2 aliphatic rings. The van der Waals surface area contributed by atoms with Gasteiger partial charge in [-0.25, -0.2) is 0 Å². The van der Waals surface area contributed by atoms with Crippen LogP contribution in [-0.2, 0) is 0 Å². The summed E-state index contributed by atoms with van der Waals surface area (Å²) >= 11 is 0. The first-order valence-electron chi connectivity index (χ1n) is 6.10. The van der Waals surface area contributed by atoms with Gasteiger partial charge in [-0.1, -0.05) is 0 Å². The molecular weight excluding hydrogens is 174 g/mol. The zero-order valence-corrected chi connectivity index (χ0v) is 9.02. The average Bonchev–Trinajstić information content (AvgIpc) is 2.29. The molecule has 0 aromatic heterocycles. The van der Waals surface area contributed by atoms with Crippen LogP contribution in [0.1, 0.15) is 25.7 Å². The lowest BCUT2D eigenvalue weighted by atomic mass is 9.97. The molecule has 0 spiro atoms. The Morgan fingerprint density at radius 1 is 1.00 bits per heavy atom. The molecular formula is C11H23N3. The van der Waals surface area contributed by atoms with Gasteiger partial charge >= 0.3 is 0 Å². The van der Waals surface area contributed by atoms with Crippen LogP contribution in [0, 0.1) is 5.92 Å². The number of piperidine rings is 2. The molecule has 2 rings (SSSR count). The molecule has 1 unspecified atom stereocenters. The molecule has 0 aromatic rings. The van der Waals surface area contributed by atoms with E-state index in [1.807, 2.05) is 0 Å². The van der Waals surface area contributed by atoms with E-state index in [0.717, 1.165) is 12.0 Å². The van der Waals surface area contributed by atoms with E-state index >= 15 is 0 Å². The lowest BCUT2D eigenvalue weighted by Crippen LogP contribution is -2.45. The first-order valence-corrected chi connectivity index (χ1v) is 6.10. The predicted octanol–water partition coefficient (Wildman–Crippen LogP) is 0.328. The molecule has 0 aromatic carbocycles. The smallest absolute Gasteiger partial charge is 0.0193 e. The lowest BCUT2D eigenvalue weighted by Gasteiger charge is -2.28. The Kier molecular flexibility index (Phi) is 4.22. The fourth-order valence-corrected chi connectivity index (χ4v) is 2.45. The minimum atomic E-state index is 0.735. The van der Waals surface area contributed by atoms with Crippen molar-refractivity contribution < 1.29 is 0 Å². The highest BCUT2D eigenvalue weighted by Crippen LogP contribution is 2.11. The second kappa shape index (κ2) is 5.69. The van der Waals surface area contributed by atoms with E-state index in [-0.39, 0.29) is 0 Å². The molecule has 0 aliphatic carbocycles. The van der Waals surface area contributed by atoms with Gasteiger partial charge in [0.2, 0.25) is 0 Å². The highest BCUT2D eigenvalue weighted by atomic mass is 15.0. The zero-order valence-electron chi connectivity index (χ0n) is 9.02. The molecule has 0 amide bonds. The third kappa shape index (κ3) is 3.23. The maximum Gasteiger partial charge on any atom is 0.0193 e. The standard InChI is InChI=1S/C11H23N3/c1-2-11(9-13-5-1)14-8-10-3-6-12-7-4-10/h10-14H,1-9H2. The van der Waals surface area contributed by atoms with Gasteiger partial charge in [0.05, 0.1) is 0 Å². The predicted molar refractivity (Wildman–Crippen MR) is 59.5 cm³/mol. The number of nitrogens with one attached hydrogen (secondary N) is 3. The van der Waals surface area contributed by atoms with Crippen LogP contribution in [0.5, 0.6) is 0 Å². The number of rotatable bonds is 3. The summed E-state index contributed by atoms with van der Waals surface area (Å²) in [5.41, 5.74) is 0. The van der Waals surface area contributed by atoms with E-state index in [9.17, 15) is 0 Å². The summed E-state index contributed by atoms with van der Waals surface area (Å²) in [6.45, 7) is 6.05. The van der Waals surface area contributed by atoms with Crippen molar-refractivity contribution in [2.75, 3.05) is 32.7 Å². The van der Waals surface area contributed by atoms with E-state index in [4.69, 9.17) is 0 Å². The van der Waals surface area contributed by atoms with Crippen LogP contribution < -0.4 is 16.0 Å².